The van der Waals surface area contributed by atoms with E-state index in [1.807, 2.05) is 0 Å². The summed E-state index contributed by atoms with van der Waals surface area (Å²) in [6, 6.07) is 9.03. The van der Waals surface area contributed by atoms with Gasteiger partial charge in [-0.15, -0.1) is 13.2 Å². The van der Waals surface area contributed by atoms with E-state index in [1.165, 1.54) is 7.11 Å². The van der Waals surface area contributed by atoms with Crippen molar-refractivity contribution in [3.05, 3.63) is 54.1 Å². The number of rotatable bonds is 9. The van der Waals surface area contributed by atoms with Gasteiger partial charge in [0.05, 0.1) is 18.6 Å². The van der Waals surface area contributed by atoms with Crippen LogP contribution in [0.2, 0.25) is 0 Å². The maximum Gasteiger partial charge on any atom is 0.573 e. The molecule has 2 rings (SSSR count). The summed E-state index contributed by atoms with van der Waals surface area (Å²) in [6.07, 6.45) is -4.90. The van der Waals surface area contributed by atoms with Crippen LogP contribution in [0, 0.1) is 0 Å². The van der Waals surface area contributed by atoms with Crippen LogP contribution in [0.3, 0.4) is 0 Å². The first-order chi connectivity index (χ1) is 14.0. The number of carbonyl (C=O) groups excluding carboxylic acids is 1. The topological polar surface area (TPSA) is 90.9 Å². The Morgan fingerprint density at radius 1 is 1.03 bits per heavy atom. The van der Waals surface area contributed by atoms with Crippen LogP contribution in [0.5, 0.6) is 11.5 Å². The minimum Gasteiger partial charge on any atom is -0.497 e. The molecule has 0 bridgehead atoms. The highest BCUT2D eigenvalue weighted by Gasteiger charge is 2.31. The molecule has 2 aromatic rings. The highest BCUT2D eigenvalue weighted by Crippen LogP contribution is 2.24. The first kappa shape index (κ1) is 23.5. The smallest absolute Gasteiger partial charge is 0.497 e. The second kappa shape index (κ2) is 9.81. The third kappa shape index (κ3) is 6.92. The van der Waals surface area contributed by atoms with Crippen LogP contribution in [0.4, 0.5) is 13.2 Å². The normalized spacial score (nSPS) is 12.8. The van der Waals surface area contributed by atoms with Crippen molar-refractivity contribution in [2.45, 2.75) is 30.6 Å². The van der Waals surface area contributed by atoms with Crippen LogP contribution in [0.1, 0.15) is 12.5 Å². The van der Waals surface area contributed by atoms with E-state index in [9.17, 15) is 26.4 Å². The van der Waals surface area contributed by atoms with Crippen molar-refractivity contribution in [3.63, 3.8) is 0 Å². The zero-order chi connectivity index (χ0) is 22.4. The van der Waals surface area contributed by atoms with Crippen molar-refractivity contribution in [2.75, 3.05) is 13.7 Å². The number of hydrogen-bond acceptors (Lipinski definition) is 6. The lowest BCUT2D eigenvalue weighted by Gasteiger charge is -2.18. The Bertz CT molecular complexity index is 944. The molecule has 0 radical (unpaired) electrons. The van der Waals surface area contributed by atoms with Gasteiger partial charge in [-0.25, -0.2) is 8.42 Å². The first-order valence-corrected chi connectivity index (χ1v) is 10.2. The molecule has 30 heavy (non-hydrogen) atoms. The molecule has 1 N–H and O–H groups in total. The van der Waals surface area contributed by atoms with Crippen molar-refractivity contribution in [1.29, 1.82) is 0 Å². The summed E-state index contributed by atoms with van der Waals surface area (Å²) in [6.45, 7) is 1.62. The molecule has 11 heteroatoms. The summed E-state index contributed by atoms with van der Waals surface area (Å²) in [5, 5.41) is 0. The Labute approximate surface area is 171 Å². The fourth-order valence-electron chi connectivity index (χ4n) is 2.49. The first-order valence-electron chi connectivity index (χ1n) is 8.72. The van der Waals surface area contributed by atoms with Gasteiger partial charge >= 0.3 is 12.3 Å². The number of hydrogen-bond donors (Lipinski definition) is 1. The number of sulfonamides is 1. The maximum absolute atomic E-state index is 12.6. The van der Waals surface area contributed by atoms with Crippen molar-refractivity contribution < 1.29 is 40.6 Å². The molecule has 0 unspecified atom stereocenters. The second-order valence-corrected chi connectivity index (χ2v) is 7.71. The fraction of sp³-hybridized carbons (Fsp3) is 0.316. The Morgan fingerprint density at radius 3 is 2.10 bits per heavy atom. The third-order valence-electron chi connectivity index (χ3n) is 3.84. The van der Waals surface area contributed by atoms with E-state index in [1.54, 1.807) is 31.2 Å². The lowest BCUT2D eigenvalue weighted by molar-refractivity contribution is -0.274. The van der Waals surface area contributed by atoms with Gasteiger partial charge in [-0.3, -0.25) is 4.79 Å². The number of nitrogens with one attached hydrogen (secondary N) is 1. The van der Waals surface area contributed by atoms with Gasteiger partial charge in [0.2, 0.25) is 10.0 Å². The molecule has 0 aliphatic carbocycles. The Balaban J connectivity index is 2.20. The molecule has 0 saturated carbocycles. The lowest BCUT2D eigenvalue weighted by atomic mass is 10.1. The van der Waals surface area contributed by atoms with Gasteiger partial charge in [-0.1, -0.05) is 12.1 Å². The molecule has 164 valence electrons. The molecule has 7 nitrogen and oxygen atoms in total. The SMILES string of the molecule is CCOC(=O)[C@@H](Cc1ccc(OC)cc1)NS(=O)(=O)c1ccc(OC(F)(F)F)cc1. The zero-order valence-corrected chi connectivity index (χ0v) is 16.9. The van der Waals surface area contributed by atoms with E-state index in [0.717, 1.165) is 24.3 Å². The highest BCUT2D eigenvalue weighted by atomic mass is 32.2. The average molecular weight is 447 g/mol. The number of methoxy groups -OCH3 is 1. The largest absolute Gasteiger partial charge is 0.573 e. The summed E-state index contributed by atoms with van der Waals surface area (Å²) < 4.78 is 78.0. The Kier molecular flexibility index (Phi) is 7.68. The summed E-state index contributed by atoms with van der Waals surface area (Å²) in [7, 11) is -2.73. The van der Waals surface area contributed by atoms with Gasteiger partial charge in [-0.2, -0.15) is 4.72 Å². The van der Waals surface area contributed by atoms with Crippen molar-refractivity contribution in [2.24, 2.45) is 0 Å². The van der Waals surface area contributed by atoms with Crippen LogP contribution in [0.15, 0.2) is 53.4 Å². The van der Waals surface area contributed by atoms with Crippen molar-refractivity contribution in [3.8, 4) is 11.5 Å². The zero-order valence-electron chi connectivity index (χ0n) is 16.1. The lowest BCUT2D eigenvalue weighted by Crippen LogP contribution is -2.43. The number of halogens is 3. The van der Waals surface area contributed by atoms with E-state index in [0.29, 0.717) is 11.3 Å². The average Bonchev–Trinajstić information content (AvgIpc) is 2.67. The molecule has 1 atom stereocenters. The van der Waals surface area contributed by atoms with Gasteiger partial charge in [0, 0.05) is 0 Å². The standard InChI is InChI=1S/C19H20F3NO6S/c1-3-28-18(24)17(12-13-4-6-14(27-2)7-5-13)23-30(25,26)16-10-8-15(9-11-16)29-19(20,21)22/h4-11,17,23H,3,12H2,1-2H3/t17-/m1/s1. The monoisotopic (exact) mass is 447 g/mol. The predicted octanol–water partition coefficient (Wildman–Crippen LogP) is 3.05. The molecule has 0 spiro atoms. The van der Waals surface area contributed by atoms with Gasteiger partial charge in [0.25, 0.3) is 0 Å². The van der Waals surface area contributed by atoms with Gasteiger partial charge in [0.15, 0.2) is 0 Å². The minimum atomic E-state index is -4.90. The Hall–Kier alpha value is -2.79. The van der Waals surface area contributed by atoms with E-state index < -0.39 is 34.1 Å². The third-order valence-corrected chi connectivity index (χ3v) is 5.32. The molecule has 0 amide bonds. The van der Waals surface area contributed by atoms with Crippen LogP contribution in [0.25, 0.3) is 0 Å². The van der Waals surface area contributed by atoms with E-state index in [-0.39, 0.29) is 17.9 Å². The number of carbonyl (C=O) groups is 1. The summed E-state index contributed by atoms with van der Waals surface area (Å²) in [4.78, 5) is 11.9. The quantitative estimate of drug-likeness (QED) is 0.595. The van der Waals surface area contributed by atoms with E-state index in [4.69, 9.17) is 9.47 Å². The number of esters is 1. The van der Waals surface area contributed by atoms with Gasteiger partial charge < -0.3 is 14.2 Å². The van der Waals surface area contributed by atoms with Gasteiger partial charge in [-0.05, 0) is 55.3 Å². The van der Waals surface area contributed by atoms with Gasteiger partial charge in [0.1, 0.15) is 17.5 Å². The van der Waals surface area contributed by atoms with Crippen molar-refractivity contribution >= 4 is 16.0 Å². The molecule has 0 saturated heterocycles. The number of alkyl halides is 3. The van der Waals surface area contributed by atoms with Crippen LogP contribution >= 0.6 is 0 Å². The minimum absolute atomic E-state index is 0.00265. The number of benzene rings is 2. The molecule has 0 aliphatic rings. The fourth-order valence-corrected chi connectivity index (χ4v) is 3.67. The van der Waals surface area contributed by atoms with Crippen LogP contribution in [-0.2, 0) is 26.0 Å². The molecular formula is C19H20F3NO6S. The summed E-state index contributed by atoms with van der Waals surface area (Å²) >= 11 is 0. The summed E-state index contributed by atoms with van der Waals surface area (Å²) in [5.41, 5.74) is 0.644. The van der Waals surface area contributed by atoms with Crippen molar-refractivity contribution in [1.82, 2.24) is 4.72 Å². The molecular weight excluding hydrogens is 427 g/mol. The molecule has 0 heterocycles. The molecule has 0 aromatic heterocycles. The highest BCUT2D eigenvalue weighted by molar-refractivity contribution is 7.89. The summed E-state index contributed by atoms with van der Waals surface area (Å²) in [5.74, 6) is -0.760. The van der Waals surface area contributed by atoms with Crippen LogP contribution in [-0.4, -0.2) is 40.5 Å². The molecule has 2 aromatic carbocycles. The van der Waals surface area contributed by atoms with Crippen LogP contribution < -0.4 is 14.2 Å². The Morgan fingerprint density at radius 2 is 1.60 bits per heavy atom. The second-order valence-electron chi connectivity index (χ2n) is 6.00. The molecule has 0 fully saturated rings. The molecule has 0 aliphatic heterocycles. The van der Waals surface area contributed by atoms with E-state index in [2.05, 4.69) is 9.46 Å². The number of ether oxygens (including phenoxy) is 3. The van der Waals surface area contributed by atoms with E-state index >= 15 is 0 Å². The maximum atomic E-state index is 12.6. The predicted molar refractivity (Wildman–Crippen MR) is 101 cm³/mol.